The van der Waals surface area contributed by atoms with Gasteiger partial charge in [0, 0.05) is 10.1 Å². The van der Waals surface area contributed by atoms with Crippen molar-refractivity contribution in [1.29, 1.82) is 0 Å². The minimum atomic E-state index is 0.657. The van der Waals surface area contributed by atoms with Crippen LogP contribution in [-0.2, 0) is 6.42 Å². The van der Waals surface area contributed by atoms with Gasteiger partial charge >= 0.3 is 0 Å². The maximum atomic E-state index is 5.47. The van der Waals surface area contributed by atoms with Crippen LogP contribution in [0, 0.1) is 0 Å². The van der Waals surface area contributed by atoms with E-state index in [0.717, 1.165) is 19.4 Å². The lowest BCUT2D eigenvalue weighted by Gasteiger charge is -2.05. The molecule has 0 radical (unpaired) electrons. The molecule has 2 N–H and O–H groups in total. The van der Waals surface area contributed by atoms with Crippen molar-refractivity contribution in [2.24, 2.45) is 5.73 Å². The molecule has 0 saturated heterocycles. The zero-order valence-corrected chi connectivity index (χ0v) is 9.81. The average Bonchev–Trinajstić information content (AvgIpc) is 2.16. The van der Waals surface area contributed by atoms with E-state index in [2.05, 4.69) is 38.1 Å². The molecule has 78 valence electrons. The third-order valence-electron chi connectivity index (χ3n) is 1.96. The van der Waals surface area contributed by atoms with E-state index in [-0.39, 0.29) is 0 Å². The van der Waals surface area contributed by atoms with Crippen molar-refractivity contribution in [1.82, 2.24) is 0 Å². The lowest BCUT2D eigenvalue weighted by Crippen LogP contribution is -2.00. The van der Waals surface area contributed by atoms with Gasteiger partial charge in [0.2, 0.25) is 0 Å². The van der Waals surface area contributed by atoms with Gasteiger partial charge in [-0.15, -0.1) is 11.8 Å². The van der Waals surface area contributed by atoms with Crippen molar-refractivity contribution in [2.75, 3.05) is 6.54 Å². The van der Waals surface area contributed by atoms with E-state index in [4.69, 9.17) is 5.73 Å². The average molecular weight is 209 g/mol. The lowest BCUT2D eigenvalue weighted by atomic mass is 10.1. The van der Waals surface area contributed by atoms with Crippen LogP contribution in [0.4, 0.5) is 0 Å². The Balaban J connectivity index is 2.50. The van der Waals surface area contributed by atoms with E-state index in [1.54, 1.807) is 0 Å². The normalized spacial score (nSPS) is 10.9. The Hall–Kier alpha value is -0.470. The van der Waals surface area contributed by atoms with Gasteiger partial charge in [0.1, 0.15) is 0 Å². The molecular weight excluding hydrogens is 190 g/mol. The largest absolute Gasteiger partial charge is 0.330 e. The lowest BCUT2D eigenvalue weighted by molar-refractivity contribution is 0.832. The number of thioether (sulfide) groups is 1. The van der Waals surface area contributed by atoms with Crippen LogP contribution in [-0.4, -0.2) is 11.8 Å². The van der Waals surface area contributed by atoms with Crippen molar-refractivity contribution < 1.29 is 0 Å². The fourth-order valence-corrected chi connectivity index (χ4v) is 2.15. The van der Waals surface area contributed by atoms with Crippen molar-refractivity contribution in [3.63, 3.8) is 0 Å². The quantitative estimate of drug-likeness (QED) is 0.754. The number of nitrogens with two attached hydrogens (primary N) is 1. The van der Waals surface area contributed by atoms with Crippen LogP contribution in [0.25, 0.3) is 0 Å². The van der Waals surface area contributed by atoms with E-state index in [9.17, 15) is 0 Å². The Bertz CT molecular complexity index is 254. The second-order valence-corrected chi connectivity index (χ2v) is 5.35. The standard InChI is InChI=1S/C12H19NS/c1-10(2)14-12-7-5-11(6-8-12)4-3-9-13/h5-8,10H,3-4,9,13H2,1-2H3. The first-order valence-electron chi connectivity index (χ1n) is 5.18. The first-order chi connectivity index (χ1) is 6.72. The maximum absolute atomic E-state index is 5.47. The number of hydrogen-bond donors (Lipinski definition) is 1. The summed E-state index contributed by atoms with van der Waals surface area (Å²) in [6.45, 7) is 5.21. The monoisotopic (exact) mass is 209 g/mol. The number of rotatable bonds is 5. The first kappa shape index (κ1) is 11.6. The van der Waals surface area contributed by atoms with E-state index in [1.165, 1.54) is 10.5 Å². The molecule has 1 nitrogen and oxygen atoms in total. The zero-order chi connectivity index (χ0) is 10.4. The Morgan fingerprint density at radius 1 is 1.21 bits per heavy atom. The highest BCUT2D eigenvalue weighted by Crippen LogP contribution is 2.22. The molecule has 0 heterocycles. The van der Waals surface area contributed by atoms with Crippen LogP contribution < -0.4 is 5.73 Å². The van der Waals surface area contributed by atoms with Crippen molar-refractivity contribution in [2.45, 2.75) is 36.8 Å². The van der Waals surface area contributed by atoms with Gasteiger partial charge in [-0.1, -0.05) is 26.0 Å². The molecule has 2 heteroatoms. The minimum Gasteiger partial charge on any atom is -0.330 e. The third kappa shape index (κ3) is 4.16. The third-order valence-corrected chi connectivity index (χ3v) is 2.98. The summed E-state index contributed by atoms with van der Waals surface area (Å²) in [6, 6.07) is 8.83. The molecule has 14 heavy (non-hydrogen) atoms. The van der Waals surface area contributed by atoms with Gasteiger partial charge in [-0.25, -0.2) is 0 Å². The van der Waals surface area contributed by atoms with Crippen LogP contribution in [0.15, 0.2) is 29.2 Å². The van der Waals surface area contributed by atoms with E-state index >= 15 is 0 Å². The predicted octanol–water partition coefficient (Wildman–Crippen LogP) is 3.08. The molecule has 1 rings (SSSR count). The molecule has 0 amide bonds. The molecule has 0 aromatic heterocycles. The van der Waals surface area contributed by atoms with Gasteiger partial charge in [-0.3, -0.25) is 0 Å². The highest BCUT2D eigenvalue weighted by Gasteiger charge is 1.98. The molecular formula is C12H19NS. The SMILES string of the molecule is CC(C)Sc1ccc(CCCN)cc1. The molecule has 1 aromatic carbocycles. The minimum absolute atomic E-state index is 0.657. The Morgan fingerprint density at radius 2 is 1.86 bits per heavy atom. The van der Waals surface area contributed by atoms with E-state index in [1.807, 2.05) is 11.8 Å². The molecule has 0 saturated carbocycles. The van der Waals surface area contributed by atoms with Gasteiger partial charge in [0.25, 0.3) is 0 Å². The molecule has 0 fully saturated rings. The van der Waals surface area contributed by atoms with Crippen LogP contribution in [0.3, 0.4) is 0 Å². The van der Waals surface area contributed by atoms with Crippen LogP contribution in [0.2, 0.25) is 0 Å². The van der Waals surface area contributed by atoms with E-state index in [0.29, 0.717) is 5.25 Å². The van der Waals surface area contributed by atoms with Crippen molar-refractivity contribution >= 4 is 11.8 Å². The van der Waals surface area contributed by atoms with Crippen LogP contribution in [0.5, 0.6) is 0 Å². The van der Waals surface area contributed by atoms with Crippen LogP contribution in [0.1, 0.15) is 25.8 Å². The predicted molar refractivity (Wildman–Crippen MR) is 64.8 cm³/mol. The van der Waals surface area contributed by atoms with Gasteiger partial charge in [0.05, 0.1) is 0 Å². The fourth-order valence-electron chi connectivity index (χ4n) is 1.31. The highest BCUT2D eigenvalue weighted by molar-refractivity contribution is 7.99. The Kier molecular flexibility index (Phi) is 5.05. The molecule has 0 aliphatic rings. The summed E-state index contributed by atoms with van der Waals surface area (Å²) < 4.78 is 0. The summed E-state index contributed by atoms with van der Waals surface area (Å²) in [7, 11) is 0. The topological polar surface area (TPSA) is 26.0 Å². The van der Waals surface area contributed by atoms with Crippen molar-refractivity contribution in [3.8, 4) is 0 Å². The molecule has 0 atom stereocenters. The summed E-state index contributed by atoms with van der Waals surface area (Å²) in [6.07, 6.45) is 2.18. The smallest absolute Gasteiger partial charge is 0.00747 e. The van der Waals surface area contributed by atoms with Gasteiger partial charge in [0.15, 0.2) is 0 Å². The van der Waals surface area contributed by atoms with Crippen molar-refractivity contribution in [3.05, 3.63) is 29.8 Å². The first-order valence-corrected chi connectivity index (χ1v) is 6.06. The summed E-state index contributed by atoms with van der Waals surface area (Å²) in [5.41, 5.74) is 6.86. The second-order valence-electron chi connectivity index (χ2n) is 3.70. The molecule has 0 bridgehead atoms. The maximum Gasteiger partial charge on any atom is 0.00747 e. The summed E-state index contributed by atoms with van der Waals surface area (Å²) in [4.78, 5) is 1.36. The Labute approximate surface area is 91.1 Å². The fraction of sp³-hybridized carbons (Fsp3) is 0.500. The molecule has 0 unspecified atom stereocenters. The van der Waals surface area contributed by atoms with Gasteiger partial charge in [-0.2, -0.15) is 0 Å². The molecule has 0 aliphatic heterocycles. The zero-order valence-electron chi connectivity index (χ0n) is 8.99. The highest BCUT2D eigenvalue weighted by atomic mass is 32.2. The molecule has 0 spiro atoms. The molecule has 1 aromatic rings. The van der Waals surface area contributed by atoms with E-state index < -0.39 is 0 Å². The summed E-state index contributed by atoms with van der Waals surface area (Å²) in [5, 5.41) is 0.657. The number of hydrogen-bond acceptors (Lipinski definition) is 2. The number of aryl methyl sites for hydroxylation is 1. The van der Waals surface area contributed by atoms with Gasteiger partial charge in [-0.05, 0) is 37.1 Å². The summed E-state index contributed by atoms with van der Waals surface area (Å²) in [5.74, 6) is 0. The Morgan fingerprint density at radius 3 is 2.36 bits per heavy atom. The summed E-state index contributed by atoms with van der Waals surface area (Å²) >= 11 is 1.91. The molecule has 0 aliphatic carbocycles. The van der Waals surface area contributed by atoms with Gasteiger partial charge < -0.3 is 5.73 Å². The number of benzene rings is 1. The van der Waals surface area contributed by atoms with Crippen LogP contribution >= 0.6 is 11.8 Å². The second kappa shape index (κ2) is 6.10.